The maximum absolute atomic E-state index is 12.7. The molecule has 27 heavy (non-hydrogen) atoms. The molecular formula is C20H23N5O2. The molecule has 0 fully saturated rings. The molecule has 0 aliphatic heterocycles. The molecule has 0 aliphatic carbocycles. The third-order valence-corrected chi connectivity index (χ3v) is 4.12. The Morgan fingerprint density at radius 2 is 2.07 bits per heavy atom. The van der Waals surface area contributed by atoms with Crippen molar-refractivity contribution >= 4 is 5.91 Å². The quantitative estimate of drug-likeness (QED) is 0.692. The molecule has 0 aliphatic rings. The van der Waals surface area contributed by atoms with Crippen LogP contribution in [-0.4, -0.2) is 46.6 Å². The summed E-state index contributed by atoms with van der Waals surface area (Å²) in [6.45, 7) is 2.43. The molecule has 2 aromatic heterocycles. The van der Waals surface area contributed by atoms with Gasteiger partial charge in [0.05, 0.1) is 0 Å². The summed E-state index contributed by atoms with van der Waals surface area (Å²) in [6, 6.07) is 13.1. The number of likely N-dealkylation sites (N-methyl/N-ethyl adjacent to an activating group) is 1. The van der Waals surface area contributed by atoms with E-state index < -0.39 is 0 Å². The number of carbonyl (C=O) groups is 1. The third-order valence-electron chi connectivity index (χ3n) is 4.12. The highest BCUT2D eigenvalue weighted by atomic mass is 16.5. The van der Waals surface area contributed by atoms with Gasteiger partial charge in [0.25, 0.3) is 0 Å². The maximum atomic E-state index is 12.7. The van der Waals surface area contributed by atoms with Crippen LogP contribution in [0.1, 0.15) is 23.1 Å². The minimum Gasteiger partial charge on any atom is -0.354 e. The first-order valence-corrected chi connectivity index (χ1v) is 8.79. The first-order valence-electron chi connectivity index (χ1n) is 8.79. The molecule has 1 amide bonds. The van der Waals surface area contributed by atoms with Crippen molar-refractivity contribution in [3.05, 3.63) is 65.7 Å². The number of pyridine rings is 1. The first kappa shape index (κ1) is 18.7. The van der Waals surface area contributed by atoms with Crippen molar-refractivity contribution in [2.24, 2.45) is 0 Å². The second-order valence-electron chi connectivity index (χ2n) is 6.55. The zero-order valence-electron chi connectivity index (χ0n) is 15.7. The van der Waals surface area contributed by atoms with Crippen molar-refractivity contribution in [3.8, 4) is 11.5 Å². The van der Waals surface area contributed by atoms with Gasteiger partial charge in [-0.1, -0.05) is 41.1 Å². The monoisotopic (exact) mass is 365 g/mol. The van der Waals surface area contributed by atoms with Gasteiger partial charge in [0, 0.05) is 19.2 Å². The van der Waals surface area contributed by atoms with Crippen LogP contribution in [0.3, 0.4) is 0 Å². The summed E-state index contributed by atoms with van der Waals surface area (Å²) in [7, 11) is 3.79. The fourth-order valence-electron chi connectivity index (χ4n) is 2.87. The van der Waals surface area contributed by atoms with E-state index in [4.69, 9.17) is 4.52 Å². The summed E-state index contributed by atoms with van der Waals surface area (Å²) in [6.07, 6.45) is 2.14. The van der Waals surface area contributed by atoms with Gasteiger partial charge in [0.15, 0.2) is 0 Å². The number of hydrogen-bond donors (Lipinski definition) is 1. The van der Waals surface area contributed by atoms with Crippen molar-refractivity contribution < 1.29 is 9.32 Å². The van der Waals surface area contributed by atoms with Gasteiger partial charge < -0.3 is 9.84 Å². The molecule has 0 saturated heterocycles. The molecule has 2 heterocycles. The predicted octanol–water partition coefficient (Wildman–Crippen LogP) is 2.40. The minimum atomic E-state index is -0.350. The van der Waals surface area contributed by atoms with Crippen LogP contribution >= 0.6 is 0 Å². The molecule has 3 aromatic rings. The molecule has 0 radical (unpaired) electrons. The summed E-state index contributed by atoms with van der Waals surface area (Å²) in [4.78, 5) is 23.1. The number of aryl methyl sites for hydroxylation is 1. The van der Waals surface area contributed by atoms with Crippen molar-refractivity contribution in [2.75, 3.05) is 20.6 Å². The minimum absolute atomic E-state index is 0.0601. The third kappa shape index (κ3) is 4.77. The zero-order chi connectivity index (χ0) is 19.2. The molecule has 0 unspecified atom stereocenters. The number of aromatic nitrogens is 3. The largest absolute Gasteiger partial charge is 0.354 e. The van der Waals surface area contributed by atoms with Gasteiger partial charge in [-0.25, -0.2) is 0 Å². The Labute approximate surface area is 158 Å². The Morgan fingerprint density at radius 3 is 2.78 bits per heavy atom. The Morgan fingerprint density at radius 1 is 1.22 bits per heavy atom. The normalized spacial score (nSPS) is 12.1. The van der Waals surface area contributed by atoms with Crippen LogP contribution in [0.25, 0.3) is 11.5 Å². The number of rotatable bonds is 7. The molecule has 1 N–H and O–H groups in total. The molecule has 0 spiro atoms. The van der Waals surface area contributed by atoms with E-state index in [0.717, 1.165) is 11.1 Å². The van der Waals surface area contributed by atoms with Crippen molar-refractivity contribution in [2.45, 2.75) is 19.4 Å². The van der Waals surface area contributed by atoms with Crippen molar-refractivity contribution in [3.63, 3.8) is 0 Å². The molecule has 7 heteroatoms. The molecule has 7 nitrogen and oxygen atoms in total. The second-order valence-corrected chi connectivity index (χ2v) is 6.55. The van der Waals surface area contributed by atoms with Gasteiger partial charge in [-0.05, 0) is 38.7 Å². The number of nitrogens with zero attached hydrogens (tertiary/aromatic N) is 4. The average Bonchev–Trinajstić information content (AvgIpc) is 3.11. The van der Waals surface area contributed by atoms with Gasteiger partial charge in [-0.15, -0.1) is 0 Å². The highest BCUT2D eigenvalue weighted by Crippen LogP contribution is 2.19. The lowest BCUT2D eigenvalue weighted by Crippen LogP contribution is -2.38. The molecule has 1 atom stereocenters. The van der Waals surface area contributed by atoms with Crippen LogP contribution in [0.15, 0.2) is 53.2 Å². The van der Waals surface area contributed by atoms with E-state index in [1.54, 1.807) is 6.20 Å². The van der Waals surface area contributed by atoms with E-state index in [0.29, 0.717) is 30.4 Å². The summed E-state index contributed by atoms with van der Waals surface area (Å²) >= 11 is 0. The summed E-state index contributed by atoms with van der Waals surface area (Å²) in [5.41, 5.74) is 2.75. The molecule has 140 valence electrons. The number of amides is 1. The molecule has 3 rings (SSSR count). The molecule has 0 saturated carbocycles. The highest BCUT2D eigenvalue weighted by molar-refractivity contribution is 5.83. The Kier molecular flexibility index (Phi) is 5.93. The Hall–Kier alpha value is -3.06. The average molecular weight is 365 g/mol. The molecule has 0 bridgehead atoms. The predicted molar refractivity (Wildman–Crippen MR) is 102 cm³/mol. The Bertz CT molecular complexity index is 892. The van der Waals surface area contributed by atoms with Crippen molar-refractivity contribution in [1.29, 1.82) is 0 Å². The number of benzene rings is 1. The Balaban J connectivity index is 1.59. The fraction of sp³-hybridized carbons (Fsp3) is 0.300. The van der Waals surface area contributed by atoms with Crippen LogP contribution in [0.2, 0.25) is 0 Å². The first-order chi connectivity index (χ1) is 13.0. The van der Waals surface area contributed by atoms with Gasteiger partial charge in [-0.3, -0.25) is 14.7 Å². The van der Waals surface area contributed by atoms with Gasteiger partial charge >= 0.3 is 0 Å². The molecular weight excluding hydrogens is 342 g/mol. The van der Waals surface area contributed by atoms with E-state index in [1.165, 1.54) is 0 Å². The smallest absolute Gasteiger partial charge is 0.241 e. The standard InChI is InChI=1S/C20H23N5O2/c1-14-7-6-8-15(13-14)18(25(2)3)20(26)22-12-10-17-23-19(24-27-17)16-9-4-5-11-21-16/h4-9,11,13,18H,10,12H2,1-3H3,(H,22,26)/t18-/m0/s1. The van der Waals surface area contributed by atoms with Gasteiger partial charge in [0.1, 0.15) is 11.7 Å². The van der Waals surface area contributed by atoms with Gasteiger partial charge in [0.2, 0.25) is 17.6 Å². The van der Waals surface area contributed by atoms with Gasteiger partial charge in [-0.2, -0.15) is 4.98 Å². The number of hydrogen-bond acceptors (Lipinski definition) is 6. The lowest BCUT2D eigenvalue weighted by molar-refractivity contribution is -0.125. The van der Waals surface area contributed by atoms with Crippen LogP contribution in [0.4, 0.5) is 0 Å². The van der Waals surface area contributed by atoms with Crippen LogP contribution in [-0.2, 0) is 11.2 Å². The topological polar surface area (TPSA) is 84.2 Å². The van der Waals surface area contributed by atoms with E-state index >= 15 is 0 Å². The van der Waals surface area contributed by atoms with Crippen LogP contribution in [0, 0.1) is 6.92 Å². The van der Waals surface area contributed by atoms with Crippen LogP contribution in [0.5, 0.6) is 0 Å². The van der Waals surface area contributed by atoms with E-state index in [2.05, 4.69) is 20.4 Å². The maximum Gasteiger partial charge on any atom is 0.241 e. The fourth-order valence-corrected chi connectivity index (χ4v) is 2.87. The lowest BCUT2D eigenvalue weighted by Gasteiger charge is -2.24. The second kappa shape index (κ2) is 8.55. The lowest BCUT2D eigenvalue weighted by atomic mass is 10.0. The van der Waals surface area contributed by atoms with E-state index in [-0.39, 0.29) is 11.9 Å². The summed E-state index contributed by atoms with van der Waals surface area (Å²) < 4.78 is 5.25. The zero-order valence-corrected chi connectivity index (χ0v) is 15.7. The van der Waals surface area contributed by atoms with E-state index in [9.17, 15) is 4.79 Å². The SMILES string of the molecule is Cc1cccc([C@@H](C(=O)NCCc2nc(-c3ccccn3)no2)N(C)C)c1. The van der Waals surface area contributed by atoms with Crippen molar-refractivity contribution in [1.82, 2.24) is 25.3 Å². The van der Waals surface area contributed by atoms with Crippen LogP contribution < -0.4 is 5.32 Å². The number of nitrogens with one attached hydrogen (secondary N) is 1. The summed E-state index contributed by atoms with van der Waals surface area (Å²) in [5, 5.41) is 6.89. The highest BCUT2D eigenvalue weighted by Gasteiger charge is 2.22. The van der Waals surface area contributed by atoms with E-state index in [1.807, 2.05) is 68.4 Å². The number of carbonyl (C=O) groups excluding carboxylic acids is 1. The summed E-state index contributed by atoms with van der Waals surface area (Å²) in [5.74, 6) is 0.853. The molecule has 1 aromatic carbocycles.